The molecule has 0 aromatic carbocycles. The van der Waals surface area contributed by atoms with E-state index in [0.717, 1.165) is 12.0 Å². The summed E-state index contributed by atoms with van der Waals surface area (Å²) < 4.78 is 0. The van der Waals surface area contributed by atoms with Gasteiger partial charge in [-0.05, 0) is 35.0 Å². The zero-order valence-electron chi connectivity index (χ0n) is 13.1. The van der Waals surface area contributed by atoms with Crippen LogP contribution in [0.4, 0.5) is 4.79 Å². The van der Waals surface area contributed by atoms with E-state index in [1.165, 1.54) is 5.57 Å². The number of allylic oxidation sites excluding steroid dienone is 1. The van der Waals surface area contributed by atoms with Gasteiger partial charge >= 0.3 is 6.09 Å². The zero-order valence-corrected chi connectivity index (χ0v) is 13.8. The number of pyridine rings is 1. The second-order valence-corrected chi connectivity index (χ2v) is 7.68. The van der Waals surface area contributed by atoms with Crippen molar-refractivity contribution >= 4 is 23.3 Å². The van der Waals surface area contributed by atoms with Crippen molar-refractivity contribution in [1.29, 1.82) is 0 Å². The van der Waals surface area contributed by atoms with Crippen molar-refractivity contribution in [2.24, 2.45) is 17.3 Å². The largest absolute Gasteiger partial charge is 0.465 e. The molecular formula is C17H21ClN2O2. The smallest absolute Gasteiger partial charge is 0.407 e. The summed E-state index contributed by atoms with van der Waals surface area (Å²) in [5, 5.41) is 10.0. The molecule has 0 saturated carbocycles. The molecule has 1 aromatic rings. The summed E-state index contributed by atoms with van der Waals surface area (Å²) >= 11 is 5.88. The van der Waals surface area contributed by atoms with Gasteiger partial charge in [0.15, 0.2) is 0 Å². The highest BCUT2D eigenvalue weighted by molar-refractivity contribution is 6.29. The first-order valence-electron chi connectivity index (χ1n) is 7.60. The Hall–Kier alpha value is -1.55. The van der Waals surface area contributed by atoms with Gasteiger partial charge in [-0.3, -0.25) is 0 Å². The summed E-state index contributed by atoms with van der Waals surface area (Å²) in [5.41, 5.74) is 2.16. The highest BCUT2D eigenvalue weighted by Gasteiger charge is 2.52. The number of amides is 1. The van der Waals surface area contributed by atoms with Crippen LogP contribution in [0.2, 0.25) is 5.15 Å². The van der Waals surface area contributed by atoms with Gasteiger partial charge in [-0.1, -0.05) is 44.5 Å². The van der Waals surface area contributed by atoms with Gasteiger partial charge in [-0.15, -0.1) is 0 Å². The lowest BCUT2D eigenvalue weighted by Crippen LogP contribution is -2.45. The van der Waals surface area contributed by atoms with Gasteiger partial charge in [0.05, 0.1) is 0 Å². The number of aromatic nitrogens is 1. The van der Waals surface area contributed by atoms with E-state index < -0.39 is 6.09 Å². The average molecular weight is 321 g/mol. The fourth-order valence-electron chi connectivity index (χ4n) is 4.05. The van der Waals surface area contributed by atoms with E-state index in [9.17, 15) is 9.90 Å². The molecule has 4 nitrogen and oxygen atoms in total. The van der Waals surface area contributed by atoms with Crippen LogP contribution in [0.1, 0.15) is 32.8 Å². The summed E-state index contributed by atoms with van der Waals surface area (Å²) in [4.78, 5) is 17.5. The number of carboxylic acid groups (broad SMARTS) is 1. The molecular weight excluding hydrogens is 300 g/mol. The van der Waals surface area contributed by atoms with Crippen LogP contribution in [-0.4, -0.2) is 33.7 Å². The number of halogens is 1. The fraction of sp³-hybridized carbons (Fsp3) is 0.529. The maximum atomic E-state index is 11.7. The van der Waals surface area contributed by atoms with E-state index in [1.807, 2.05) is 6.07 Å². The average Bonchev–Trinajstić information content (AvgIpc) is 2.97. The molecule has 118 valence electrons. The van der Waals surface area contributed by atoms with E-state index in [0.29, 0.717) is 17.6 Å². The van der Waals surface area contributed by atoms with Gasteiger partial charge < -0.3 is 10.0 Å². The number of hydrogen-bond acceptors (Lipinski definition) is 2. The van der Waals surface area contributed by atoms with Gasteiger partial charge in [0.1, 0.15) is 5.15 Å². The Morgan fingerprint density at radius 2 is 2.14 bits per heavy atom. The molecule has 1 N–H and O–H groups in total. The number of hydrogen-bond donors (Lipinski definition) is 1. The van der Waals surface area contributed by atoms with Crippen molar-refractivity contribution in [3.63, 3.8) is 0 Å². The molecule has 1 fully saturated rings. The van der Waals surface area contributed by atoms with Crippen LogP contribution >= 0.6 is 11.6 Å². The first-order valence-corrected chi connectivity index (χ1v) is 7.98. The first-order chi connectivity index (χ1) is 10.3. The second kappa shape index (κ2) is 5.27. The SMILES string of the molecule is CC(C)(C)C1C2C(c3ccc(Cl)nc3)=CCC2CN1C(=O)O. The highest BCUT2D eigenvalue weighted by atomic mass is 35.5. The maximum Gasteiger partial charge on any atom is 0.407 e. The molecule has 1 saturated heterocycles. The topological polar surface area (TPSA) is 53.4 Å². The molecule has 0 radical (unpaired) electrons. The summed E-state index contributed by atoms with van der Waals surface area (Å²) in [7, 11) is 0. The minimum Gasteiger partial charge on any atom is -0.465 e. The van der Waals surface area contributed by atoms with E-state index in [1.54, 1.807) is 17.2 Å². The minimum atomic E-state index is -0.817. The maximum absolute atomic E-state index is 11.7. The Kier molecular flexibility index (Phi) is 3.68. The third kappa shape index (κ3) is 2.50. The minimum absolute atomic E-state index is 0.0144. The number of carbonyl (C=O) groups is 1. The van der Waals surface area contributed by atoms with Crippen LogP contribution in [0.3, 0.4) is 0 Å². The van der Waals surface area contributed by atoms with Gasteiger partial charge in [-0.2, -0.15) is 0 Å². The molecule has 5 heteroatoms. The van der Waals surface area contributed by atoms with Crippen LogP contribution in [0.15, 0.2) is 24.4 Å². The number of likely N-dealkylation sites (tertiary alicyclic amines) is 1. The van der Waals surface area contributed by atoms with Gasteiger partial charge in [0.25, 0.3) is 0 Å². The van der Waals surface area contributed by atoms with E-state index in [2.05, 4.69) is 31.8 Å². The number of rotatable bonds is 1. The van der Waals surface area contributed by atoms with Crippen LogP contribution in [-0.2, 0) is 0 Å². The monoisotopic (exact) mass is 320 g/mol. The molecule has 1 aliphatic heterocycles. The molecule has 3 atom stereocenters. The quantitative estimate of drug-likeness (QED) is 0.790. The Labute approximate surface area is 135 Å². The van der Waals surface area contributed by atoms with Crippen LogP contribution < -0.4 is 0 Å². The lowest BCUT2D eigenvalue weighted by atomic mass is 9.74. The molecule has 1 aliphatic carbocycles. The predicted octanol–water partition coefficient (Wildman–Crippen LogP) is 4.16. The Bertz CT molecular complexity index is 619. The van der Waals surface area contributed by atoms with Crippen molar-refractivity contribution < 1.29 is 9.90 Å². The molecule has 1 aromatic heterocycles. The molecule has 0 bridgehead atoms. The zero-order chi connectivity index (χ0) is 16.1. The van der Waals surface area contributed by atoms with Crippen molar-refractivity contribution in [3.8, 4) is 0 Å². The molecule has 2 aliphatic rings. The summed E-state index contributed by atoms with van der Waals surface area (Å²) in [6.45, 7) is 6.97. The number of fused-ring (bicyclic) bond motifs is 1. The normalized spacial score (nSPS) is 27.7. The molecule has 3 rings (SSSR count). The van der Waals surface area contributed by atoms with E-state index >= 15 is 0 Å². The fourth-order valence-corrected chi connectivity index (χ4v) is 4.16. The van der Waals surface area contributed by atoms with Crippen molar-refractivity contribution in [2.45, 2.75) is 33.2 Å². The molecule has 3 unspecified atom stereocenters. The standard InChI is InChI=1S/C17H21ClN2O2/c1-17(2,3)15-14-11(9-20(15)16(21)22)4-6-12(14)10-5-7-13(18)19-8-10/h5-8,11,14-15H,4,9H2,1-3H3,(H,21,22). The summed E-state index contributed by atoms with van der Waals surface area (Å²) in [5.74, 6) is 0.602. The predicted molar refractivity (Wildman–Crippen MR) is 86.8 cm³/mol. The van der Waals surface area contributed by atoms with Gasteiger partial charge in [0, 0.05) is 24.7 Å². The van der Waals surface area contributed by atoms with Gasteiger partial charge in [0.2, 0.25) is 0 Å². The molecule has 1 amide bonds. The number of nitrogens with zero attached hydrogens (tertiary/aromatic N) is 2. The third-order valence-electron chi connectivity index (χ3n) is 4.81. The highest BCUT2D eigenvalue weighted by Crippen LogP contribution is 2.51. The lowest BCUT2D eigenvalue weighted by Gasteiger charge is -2.37. The Balaban J connectivity index is 1.99. The Morgan fingerprint density at radius 1 is 1.41 bits per heavy atom. The lowest BCUT2D eigenvalue weighted by molar-refractivity contribution is 0.0989. The van der Waals surface area contributed by atoms with Crippen LogP contribution in [0, 0.1) is 17.3 Å². The molecule has 2 heterocycles. The second-order valence-electron chi connectivity index (χ2n) is 7.30. The van der Waals surface area contributed by atoms with Crippen molar-refractivity contribution in [1.82, 2.24) is 9.88 Å². The van der Waals surface area contributed by atoms with Gasteiger partial charge in [-0.25, -0.2) is 9.78 Å². The summed E-state index contributed by atoms with van der Waals surface area (Å²) in [6.07, 6.45) is 4.15. The summed E-state index contributed by atoms with van der Waals surface area (Å²) in [6, 6.07) is 3.76. The third-order valence-corrected chi connectivity index (χ3v) is 5.03. The Morgan fingerprint density at radius 3 is 2.68 bits per heavy atom. The van der Waals surface area contributed by atoms with Crippen molar-refractivity contribution in [2.75, 3.05) is 6.54 Å². The van der Waals surface area contributed by atoms with E-state index in [-0.39, 0.29) is 17.4 Å². The first kappa shape index (κ1) is 15.3. The van der Waals surface area contributed by atoms with E-state index in [4.69, 9.17) is 11.6 Å². The van der Waals surface area contributed by atoms with Crippen LogP contribution in [0.25, 0.3) is 5.57 Å². The van der Waals surface area contributed by atoms with Crippen LogP contribution in [0.5, 0.6) is 0 Å². The van der Waals surface area contributed by atoms with Crippen molar-refractivity contribution in [3.05, 3.63) is 35.1 Å². The molecule has 0 spiro atoms. The molecule has 22 heavy (non-hydrogen) atoms.